The van der Waals surface area contributed by atoms with Crippen LogP contribution in [0.25, 0.3) is 0 Å². The number of hydrogen-bond acceptors (Lipinski definition) is 3. The van der Waals surface area contributed by atoms with Crippen molar-refractivity contribution in [2.75, 3.05) is 18.4 Å². The van der Waals surface area contributed by atoms with Gasteiger partial charge in [0.2, 0.25) is 5.91 Å². The van der Waals surface area contributed by atoms with E-state index < -0.39 is 24.3 Å². The number of halogens is 4. The number of nitrogens with one attached hydrogen (secondary N) is 1. The van der Waals surface area contributed by atoms with Gasteiger partial charge in [-0.3, -0.25) is 14.3 Å². The Morgan fingerprint density at radius 3 is 2.50 bits per heavy atom. The fourth-order valence-electron chi connectivity index (χ4n) is 3.01. The van der Waals surface area contributed by atoms with Crippen molar-refractivity contribution in [2.24, 2.45) is 0 Å². The first-order valence-electron chi connectivity index (χ1n) is 8.73. The molecule has 0 radical (unpaired) electrons. The van der Waals surface area contributed by atoms with Crippen LogP contribution in [0, 0.1) is 0 Å². The molecule has 2 amide bonds. The molecule has 0 spiro atoms. The van der Waals surface area contributed by atoms with Crippen molar-refractivity contribution >= 4 is 29.1 Å². The molecule has 10 heteroatoms. The third kappa shape index (κ3) is 4.83. The van der Waals surface area contributed by atoms with Crippen LogP contribution in [0.5, 0.6) is 0 Å². The van der Waals surface area contributed by atoms with E-state index in [1.165, 1.54) is 12.1 Å². The highest BCUT2D eigenvalue weighted by Gasteiger charge is 2.33. The number of benzene rings is 1. The number of alkyl halides is 3. The Labute approximate surface area is 164 Å². The van der Waals surface area contributed by atoms with Crippen LogP contribution >= 0.6 is 11.6 Å². The number of carbonyl (C=O) groups is 2. The maximum absolute atomic E-state index is 12.8. The van der Waals surface area contributed by atoms with Gasteiger partial charge in [-0.1, -0.05) is 11.6 Å². The maximum atomic E-state index is 12.8. The molecular weight excluding hydrogens is 397 g/mol. The molecule has 0 saturated carbocycles. The normalized spacial score (nSPS) is 14.8. The van der Waals surface area contributed by atoms with Gasteiger partial charge in [-0.05, 0) is 43.5 Å². The van der Waals surface area contributed by atoms with E-state index in [1.54, 1.807) is 11.0 Å². The van der Waals surface area contributed by atoms with Crippen molar-refractivity contribution in [3.8, 4) is 0 Å². The molecular formula is C18H18ClF3N4O2. The number of nitrogens with zero attached hydrogens (tertiary/aromatic N) is 3. The summed E-state index contributed by atoms with van der Waals surface area (Å²) in [6.45, 7) is 0.852. The van der Waals surface area contributed by atoms with Gasteiger partial charge in [0.25, 0.3) is 5.91 Å². The monoisotopic (exact) mass is 414 g/mol. The van der Waals surface area contributed by atoms with E-state index in [2.05, 4.69) is 10.4 Å². The van der Waals surface area contributed by atoms with Crippen LogP contribution in [-0.2, 0) is 17.5 Å². The van der Waals surface area contributed by atoms with Gasteiger partial charge in [-0.25, -0.2) is 0 Å². The van der Waals surface area contributed by atoms with Gasteiger partial charge in [0.15, 0.2) is 5.69 Å². The van der Waals surface area contributed by atoms with Gasteiger partial charge in [-0.15, -0.1) is 0 Å². The van der Waals surface area contributed by atoms with Gasteiger partial charge >= 0.3 is 6.18 Å². The summed E-state index contributed by atoms with van der Waals surface area (Å²) >= 11 is 5.99. The Morgan fingerprint density at radius 1 is 1.14 bits per heavy atom. The third-order valence-electron chi connectivity index (χ3n) is 4.37. The highest BCUT2D eigenvalue weighted by atomic mass is 35.5. The molecule has 1 aliphatic heterocycles. The summed E-state index contributed by atoms with van der Waals surface area (Å²) in [6, 6.07) is 5.32. The van der Waals surface area contributed by atoms with Gasteiger partial charge < -0.3 is 10.2 Å². The summed E-state index contributed by atoms with van der Waals surface area (Å²) in [5.74, 6) is -0.836. The zero-order valence-corrected chi connectivity index (χ0v) is 15.6. The smallest absolute Gasteiger partial charge is 0.339 e. The number of carbonyl (C=O) groups excluding carboxylic acids is 2. The molecule has 3 rings (SSSR count). The van der Waals surface area contributed by atoms with Crippen LogP contribution in [0.3, 0.4) is 0 Å². The highest BCUT2D eigenvalue weighted by molar-refractivity contribution is 6.31. The number of piperidine rings is 1. The minimum Gasteiger partial charge on any atom is -0.339 e. The lowest BCUT2D eigenvalue weighted by Gasteiger charge is -2.27. The first-order chi connectivity index (χ1) is 13.2. The second-order valence-corrected chi connectivity index (χ2v) is 6.92. The fraction of sp³-hybridized carbons (Fsp3) is 0.389. The van der Waals surface area contributed by atoms with Gasteiger partial charge in [-0.2, -0.15) is 18.3 Å². The van der Waals surface area contributed by atoms with Crippen molar-refractivity contribution in [1.29, 1.82) is 0 Å². The Morgan fingerprint density at radius 2 is 1.86 bits per heavy atom. The second-order valence-electron chi connectivity index (χ2n) is 6.49. The molecule has 2 aromatic rings. The van der Waals surface area contributed by atoms with Crippen molar-refractivity contribution < 1.29 is 22.8 Å². The van der Waals surface area contributed by atoms with E-state index in [0.717, 1.165) is 36.2 Å². The summed E-state index contributed by atoms with van der Waals surface area (Å²) in [6.07, 6.45) is -0.607. The Kier molecular flexibility index (Phi) is 5.93. The topological polar surface area (TPSA) is 67.2 Å². The van der Waals surface area contributed by atoms with Crippen LogP contribution in [0.15, 0.2) is 30.5 Å². The molecule has 6 nitrogen and oxygen atoms in total. The molecule has 0 bridgehead atoms. The van der Waals surface area contributed by atoms with Crippen LogP contribution in [0.4, 0.5) is 18.9 Å². The predicted octanol–water partition coefficient (Wildman–Crippen LogP) is 3.82. The largest absolute Gasteiger partial charge is 0.435 e. The molecule has 0 unspecified atom stereocenters. The van der Waals surface area contributed by atoms with E-state index in [0.29, 0.717) is 18.1 Å². The lowest BCUT2D eigenvalue weighted by Crippen LogP contribution is -2.36. The molecule has 1 aromatic carbocycles. The summed E-state index contributed by atoms with van der Waals surface area (Å²) in [5, 5.41) is 6.22. The molecule has 1 aromatic heterocycles. The Hall–Kier alpha value is -2.55. The maximum Gasteiger partial charge on any atom is 0.435 e. The third-order valence-corrected chi connectivity index (χ3v) is 4.60. The number of likely N-dealkylation sites (tertiary alicyclic amines) is 1. The van der Waals surface area contributed by atoms with Crippen LogP contribution in [0.2, 0.25) is 5.02 Å². The molecule has 0 aliphatic carbocycles. The van der Waals surface area contributed by atoms with Crippen LogP contribution in [-0.4, -0.2) is 39.6 Å². The number of aromatic nitrogens is 2. The fourth-order valence-corrected chi connectivity index (χ4v) is 3.18. The lowest BCUT2D eigenvalue weighted by molar-refractivity contribution is -0.141. The number of amides is 2. The highest BCUT2D eigenvalue weighted by Crippen LogP contribution is 2.27. The zero-order chi connectivity index (χ0) is 20.3. The SMILES string of the molecule is O=C(Cn1ccc(C(F)(F)F)n1)Nc1cc(Cl)ccc1C(=O)N1CCCCC1. The first kappa shape index (κ1) is 20.2. The van der Waals surface area contributed by atoms with E-state index in [1.807, 2.05) is 0 Å². The summed E-state index contributed by atoms with van der Waals surface area (Å²) in [4.78, 5) is 26.8. The number of rotatable bonds is 4. The van der Waals surface area contributed by atoms with Crippen molar-refractivity contribution in [1.82, 2.24) is 14.7 Å². The molecule has 2 heterocycles. The summed E-state index contributed by atoms with van der Waals surface area (Å²) in [5.41, 5.74) is -0.573. The Balaban J connectivity index is 1.74. The lowest BCUT2D eigenvalue weighted by atomic mass is 10.1. The molecule has 1 N–H and O–H groups in total. The van der Waals surface area contributed by atoms with E-state index >= 15 is 0 Å². The van der Waals surface area contributed by atoms with Crippen molar-refractivity contribution in [3.05, 3.63) is 46.7 Å². The van der Waals surface area contributed by atoms with Crippen LogP contribution in [0.1, 0.15) is 35.3 Å². The van der Waals surface area contributed by atoms with Crippen LogP contribution < -0.4 is 5.32 Å². The van der Waals surface area contributed by atoms with Crippen molar-refractivity contribution in [3.63, 3.8) is 0 Å². The number of anilines is 1. The second kappa shape index (κ2) is 8.22. The summed E-state index contributed by atoms with van der Waals surface area (Å²) < 4.78 is 38.7. The summed E-state index contributed by atoms with van der Waals surface area (Å²) in [7, 11) is 0. The predicted molar refractivity (Wildman–Crippen MR) is 97.1 cm³/mol. The first-order valence-corrected chi connectivity index (χ1v) is 9.11. The molecule has 1 saturated heterocycles. The molecule has 28 heavy (non-hydrogen) atoms. The minimum atomic E-state index is -4.58. The van der Waals surface area contributed by atoms with Crippen molar-refractivity contribution in [2.45, 2.75) is 32.0 Å². The molecule has 1 fully saturated rings. The van der Waals surface area contributed by atoms with E-state index in [-0.39, 0.29) is 17.2 Å². The molecule has 1 aliphatic rings. The minimum absolute atomic E-state index is 0.217. The van der Waals surface area contributed by atoms with Gasteiger partial charge in [0.1, 0.15) is 6.54 Å². The van der Waals surface area contributed by atoms with E-state index in [9.17, 15) is 22.8 Å². The standard InChI is InChI=1S/C18H18ClF3N4O2/c19-12-4-5-13(17(28)25-7-2-1-3-8-25)14(10-12)23-16(27)11-26-9-6-15(24-26)18(20,21)22/h4-6,9-10H,1-3,7-8,11H2,(H,23,27). The zero-order valence-electron chi connectivity index (χ0n) is 14.8. The average Bonchev–Trinajstić information content (AvgIpc) is 3.11. The Bertz CT molecular complexity index is 876. The van der Waals surface area contributed by atoms with Gasteiger partial charge in [0, 0.05) is 24.3 Å². The number of hydrogen-bond donors (Lipinski definition) is 1. The van der Waals surface area contributed by atoms with E-state index in [4.69, 9.17) is 11.6 Å². The molecule has 150 valence electrons. The average molecular weight is 415 g/mol. The molecule has 0 atom stereocenters. The van der Waals surface area contributed by atoms with Gasteiger partial charge in [0.05, 0.1) is 11.3 Å². The quantitative estimate of drug-likeness (QED) is 0.827.